The monoisotopic (exact) mass is 332 g/mol. The summed E-state index contributed by atoms with van der Waals surface area (Å²) in [5.41, 5.74) is 0.479. The average Bonchev–Trinajstić information content (AvgIpc) is 2.63. The van der Waals surface area contributed by atoms with Gasteiger partial charge in [-0.1, -0.05) is 12.5 Å². The highest BCUT2D eigenvalue weighted by atomic mass is 16.2. The molecule has 3 atom stereocenters. The second kappa shape index (κ2) is 6.34. The van der Waals surface area contributed by atoms with E-state index in [0.717, 1.165) is 44.1 Å². The Labute approximate surface area is 143 Å². The quantitative estimate of drug-likeness (QED) is 0.832. The highest BCUT2D eigenvalue weighted by molar-refractivity contribution is 5.90. The molecule has 0 bridgehead atoms. The molecule has 3 rings (SSSR count). The van der Waals surface area contributed by atoms with E-state index in [1.165, 1.54) is 0 Å². The van der Waals surface area contributed by atoms with Crippen LogP contribution in [0.2, 0.25) is 0 Å². The number of hydrogen-bond donors (Lipinski definition) is 2. The maximum atomic E-state index is 13.1. The van der Waals surface area contributed by atoms with Gasteiger partial charge in [0.2, 0.25) is 11.8 Å². The standard InChI is InChI=1S/C19H28N2O3/c1-18(8-4-7-16(23)21-18)12-15(22)14-6-3-5-13-11-17(24)20-10-9-19(13,14)2/h11,14H,3-10,12H2,1-2H3,(H,20,24)(H,21,23). The van der Waals surface area contributed by atoms with Crippen LogP contribution in [0.4, 0.5) is 0 Å². The van der Waals surface area contributed by atoms with Crippen molar-refractivity contribution in [1.82, 2.24) is 10.6 Å². The number of fused-ring (bicyclic) bond motifs is 1. The first-order valence-electron chi connectivity index (χ1n) is 9.15. The first-order valence-corrected chi connectivity index (χ1v) is 9.15. The fourth-order valence-electron chi connectivity index (χ4n) is 4.81. The summed E-state index contributed by atoms with van der Waals surface area (Å²) >= 11 is 0. The normalized spacial score (nSPS) is 36.8. The Bertz CT molecular complexity index is 597. The molecule has 2 N–H and O–H groups in total. The molecule has 132 valence electrons. The van der Waals surface area contributed by atoms with Gasteiger partial charge >= 0.3 is 0 Å². The van der Waals surface area contributed by atoms with Gasteiger partial charge in [-0.05, 0) is 45.4 Å². The molecule has 0 aromatic heterocycles. The number of allylic oxidation sites excluding steroid dienone is 1. The summed E-state index contributed by atoms with van der Waals surface area (Å²) in [6.45, 7) is 4.75. The van der Waals surface area contributed by atoms with Crippen molar-refractivity contribution in [1.29, 1.82) is 0 Å². The zero-order valence-corrected chi connectivity index (χ0v) is 14.7. The molecule has 0 aromatic carbocycles. The van der Waals surface area contributed by atoms with Gasteiger partial charge in [-0.25, -0.2) is 0 Å². The molecule has 1 saturated heterocycles. The molecule has 0 radical (unpaired) electrons. The van der Waals surface area contributed by atoms with E-state index in [-0.39, 0.29) is 28.9 Å². The lowest BCUT2D eigenvalue weighted by atomic mass is 9.60. The highest BCUT2D eigenvalue weighted by Crippen LogP contribution is 2.49. The molecule has 3 unspecified atom stereocenters. The molecular weight excluding hydrogens is 304 g/mol. The molecule has 1 aliphatic carbocycles. The number of hydrogen-bond acceptors (Lipinski definition) is 3. The van der Waals surface area contributed by atoms with Crippen LogP contribution in [0.15, 0.2) is 11.6 Å². The van der Waals surface area contributed by atoms with Crippen molar-refractivity contribution in [2.75, 3.05) is 6.54 Å². The van der Waals surface area contributed by atoms with Gasteiger partial charge in [-0.2, -0.15) is 0 Å². The number of ketones is 1. The van der Waals surface area contributed by atoms with Crippen molar-refractivity contribution >= 4 is 17.6 Å². The number of carbonyl (C=O) groups excluding carboxylic acids is 3. The second-order valence-corrected chi connectivity index (χ2v) is 8.18. The van der Waals surface area contributed by atoms with Crippen LogP contribution >= 0.6 is 0 Å². The third-order valence-corrected chi connectivity index (χ3v) is 6.22. The minimum atomic E-state index is -0.414. The summed E-state index contributed by atoms with van der Waals surface area (Å²) < 4.78 is 0. The van der Waals surface area contributed by atoms with Crippen molar-refractivity contribution in [2.45, 2.75) is 70.8 Å². The Balaban J connectivity index is 1.79. The Kier molecular flexibility index (Phi) is 4.54. The van der Waals surface area contributed by atoms with E-state index >= 15 is 0 Å². The van der Waals surface area contributed by atoms with Crippen molar-refractivity contribution in [2.24, 2.45) is 11.3 Å². The largest absolute Gasteiger partial charge is 0.353 e. The Morgan fingerprint density at radius 1 is 1.21 bits per heavy atom. The molecule has 2 aliphatic heterocycles. The van der Waals surface area contributed by atoms with Gasteiger partial charge in [0, 0.05) is 42.3 Å². The first-order chi connectivity index (χ1) is 11.3. The molecule has 24 heavy (non-hydrogen) atoms. The van der Waals surface area contributed by atoms with Crippen molar-refractivity contribution in [3.63, 3.8) is 0 Å². The minimum Gasteiger partial charge on any atom is -0.353 e. The van der Waals surface area contributed by atoms with Crippen LogP contribution in [0.3, 0.4) is 0 Å². The summed E-state index contributed by atoms with van der Waals surface area (Å²) in [4.78, 5) is 36.7. The van der Waals surface area contributed by atoms with Crippen molar-refractivity contribution in [3.05, 3.63) is 11.6 Å². The molecule has 1 saturated carbocycles. The van der Waals surface area contributed by atoms with E-state index in [9.17, 15) is 14.4 Å². The van der Waals surface area contributed by atoms with Gasteiger partial charge in [0.25, 0.3) is 0 Å². The predicted molar refractivity (Wildman–Crippen MR) is 91.2 cm³/mol. The fraction of sp³-hybridized carbons (Fsp3) is 0.737. The molecule has 2 heterocycles. The number of carbonyl (C=O) groups is 3. The van der Waals surface area contributed by atoms with Crippen molar-refractivity contribution in [3.8, 4) is 0 Å². The number of Topliss-reactive ketones (excluding diaryl/α,β-unsaturated/α-hetero) is 1. The van der Waals surface area contributed by atoms with Crippen LogP contribution < -0.4 is 10.6 Å². The van der Waals surface area contributed by atoms with Gasteiger partial charge in [-0.3, -0.25) is 14.4 Å². The van der Waals surface area contributed by atoms with E-state index in [1.54, 1.807) is 6.08 Å². The number of nitrogens with one attached hydrogen (secondary N) is 2. The summed E-state index contributed by atoms with van der Waals surface area (Å²) in [6, 6.07) is 0. The molecule has 0 aromatic rings. The lowest BCUT2D eigenvalue weighted by Gasteiger charge is -2.44. The number of piperidine rings is 1. The Hall–Kier alpha value is -1.65. The maximum Gasteiger partial charge on any atom is 0.243 e. The first kappa shape index (κ1) is 17.2. The molecular formula is C19H28N2O3. The van der Waals surface area contributed by atoms with Crippen LogP contribution in [0.5, 0.6) is 0 Å². The van der Waals surface area contributed by atoms with Gasteiger partial charge in [0.15, 0.2) is 0 Å². The van der Waals surface area contributed by atoms with Gasteiger partial charge < -0.3 is 10.6 Å². The van der Waals surface area contributed by atoms with Crippen LogP contribution in [-0.4, -0.2) is 29.7 Å². The smallest absolute Gasteiger partial charge is 0.243 e. The number of rotatable bonds is 3. The zero-order chi connectivity index (χ0) is 17.4. The highest BCUT2D eigenvalue weighted by Gasteiger charge is 2.46. The van der Waals surface area contributed by atoms with Crippen LogP contribution in [0, 0.1) is 11.3 Å². The van der Waals surface area contributed by atoms with E-state index in [2.05, 4.69) is 17.6 Å². The van der Waals surface area contributed by atoms with E-state index < -0.39 is 5.54 Å². The van der Waals surface area contributed by atoms with Crippen LogP contribution in [-0.2, 0) is 14.4 Å². The topological polar surface area (TPSA) is 75.3 Å². The van der Waals surface area contributed by atoms with Gasteiger partial charge in [-0.15, -0.1) is 0 Å². The molecule has 3 aliphatic rings. The second-order valence-electron chi connectivity index (χ2n) is 8.18. The minimum absolute atomic E-state index is 0.0340. The van der Waals surface area contributed by atoms with Crippen LogP contribution in [0.25, 0.3) is 0 Å². The SMILES string of the molecule is CC1(CC(=O)C2CCCC3=CC(=O)NCCC32C)CCCC(=O)N1. The molecule has 2 amide bonds. The number of amides is 2. The molecule has 5 nitrogen and oxygen atoms in total. The summed E-state index contributed by atoms with van der Waals surface area (Å²) in [6.07, 6.45) is 7.93. The van der Waals surface area contributed by atoms with Gasteiger partial charge in [0.1, 0.15) is 5.78 Å². The maximum absolute atomic E-state index is 13.1. The molecule has 2 fully saturated rings. The molecule has 5 heteroatoms. The third kappa shape index (κ3) is 3.26. The van der Waals surface area contributed by atoms with Crippen molar-refractivity contribution < 1.29 is 14.4 Å². The lowest BCUT2D eigenvalue weighted by molar-refractivity contribution is -0.131. The molecule has 0 spiro atoms. The predicted octanol–water partition coefficient (Wildman–Crippen LogP) is 2.26. The Morgan fingerprint density at radius 2 is 2.00 bits per heavy atom. The van der Waals surface area contributed by atoms with Crippen LogP contribution in [0.1, 0.15) is 65.2 Å². The summed E-state index contributed by atoms with van der Waals surface area (Å²) in [5.74, 6) is 0.201. The third-order valence-electron chi connectivity index (χ3n) is 6.22. The van der Waals surface area contributed by atoms with E-state index in [4.69, 9.17) is 0 Å². The zero-order valence-electron chi connectivity index (χ0n) is 14.7. The Morgan fingerprint density at radius 3 is 2.75 bits per heavy atom. The fourth-order valence-corrected chi connectivity index (χ4v) is 4.81. The summed E-state index contributed by atoms with van der Waals surface area (Å²) in [5, 5.41) is 5.92. The average molecular weight is 332 g/mol. The summed E-state index contributed by atoms with van der Waals surface area (Å²) in [7, 11) is 0. The lowest BCUT2D eigenvalue weighted by Crippen LogP contribution is -2.52. The van der Waals surface area contributed by atoms with E-state index in [1.807, 2.05) is 6.92 Å². The van der Waals surface area contributed by atoms with Gasteiger partial charge in [0.05, 0.1) is 0 Å². The van der Waals surface area contributed by atoms with E-state index in [0.29, 0.717) is 19.4 Å².